The Morgan fingerprint density at radius 2 is 2.00 bits per heavy atom. The number of halogens is 1. The molecule has 5 nitrogen and oxygen atoms in total. The molecule has 0 fully saturated rings. The van der Waals surface area contributed by atoms with Gasteiger partial charge in [-0.25, -0.2) is 4.98 Å². The summed E-state index contributed by atoms with van der Waals surface area (Å²) in [6, 6.07) is 7.44. The first-order chi connectivity index (χ1) is 14.7. The molecule has 0 bridgehead atoms. The van der Waals surface area contributed by atoms with Crippen molar-refractivity contribution in [3.63, 3.8) is 0 Å². The molecule has 2 N–H and O–H groups in total. The molecule has 0 aliphatic carbocycles. The fourth-order valence-corrected chi connectivity index (χ4v) is 3.98. The highest BCUT2D eigenvalue weighted by atomic mass is 35.5. The highest BCUT2D eigenvalue weighted by Crippen LogP contribution is 2.31. The second-order valence-electron chi connectivity index (χ2n) is 7.84. The first-order valence-electron chi connectivity index (χ1n) is 10.1. The number of aryl methyl sites for hydroxylation is 2. The highest BCUT2D eigenvalue weighted by molar-refractivity contribution is 6.29. The van der Waals surface area contributed by atoms with Gasteiger partial charge in [0.25, 0.3) is 0 Å². The summed E-state index contributed by atoms with van der Waals surface area (Å²) in [5, 5.41) is 7.68. The molecule has 1 atom stereocenters. The average Bonchev–Trinajstić information content (AvgIpc) is 2.72. The largest absolute Gasteiger partial charge is 0.454 e. The van der Waals surface area contributed by atoms with E-state index < -0.39 is 0 Å². The van der Waals surface area contributed by atoms with Gasteiger partial charge in [0.15, 0.2) is 11.2 Å². The molecule has 3 aromatic rings. The lowest BCUT2D eigenvalue weighted by Crippen LogP contribution is -2.18. The molecule has 6 heteroatoms. The monoisotopic (exact) mass is 433 g/mol. The molecule has 158 valence electrons. The van der Waals surface area contributed by atoms with Gasteiger partial charge in [-0.05, 0) is 63.6 Å². The number of fused-ring (bicyclic) bond motifs is 1. The quantitative estimate of drug-likeness (QED) is 0.497. The predicted molar refractivity (Wildman–Crippen MR) is 127 cm³/mol. The second-order valence-corrected chi connectivity index (χ2v) is 8.23. The van der Waals surface area contributed by atoms with Crippen molar-refractivity contribution in [3.8, 4) is 0 Å². The van der Waals surface area contributed by atoms with E-state index in [4.69, 9.17) is 16.0 Å². The third-order valence-corrected chi connectivity index (χ3v) is 5.59. The fourth-order valence-electron chi connectivity index (χ4n) is 3.79. The molecule has 1 aliphatic heterocycles. The van der Waals surface area contributed by atoms with Gasteiger partial charge in [0.2, 0.25) is 0 Å². The van der Waals surface area contributed by atoms with E-state index in [9.17, 15) is 4.79 Å². The summed E-state index contributed by atoms with van der Waals surface area (Å²) in [4.78, 5) is 17.6. The Morgan fingerprint density at radius 1 is 1.23 bits per heavy atom. The summed E-state index contributed by atoms with van der Waals surface area (Å²) in [5.74, 6) is 0.518. The number of rotatable bonds is 4. The van der Waals surface area contributed by atoms with Gasteiger partial charge in [0.1, 0.15) is 10.7 Å². The zero-order chi connectivity index (χ0) is 22.3. The van der Waals surface area contributed by atoms with E-state index in [0.717, 1.165) is 28.2 Å². The lowest BCUT2D eigenvalue weighted by molar-refractivity contribution is 0.569. The van der Waals surface area contributed by atoms with Crippen molar-refractivity contribution in [1.82, 2.24) is 10.3 Å². The van der Waals surface area contributed by atoms with Crippen LogP contribution < -0.4 is 16.1 Å². The Hall–Kier alpha value is -3.31. The molecule has 0 saturated carbocycles. The summed E-state index contributed by atoms with van der Waals surface area (Å²) in [5.41, 5.74) is 6.11. The van der Waals surface area contributed by atoms with Gasteiger partial charge in [-0.3, -0.25) is 4.79 Å². The number of dihydropyridines is 1. The van der Waals surface area contributed by atoms with E-state index in [0.29, 0.717) is 33.1 Å². The number of allylic oxidation sites excluding steroid dienone is 3. The van der Waals surface area contributed by atoms with Crippen LogP contribution in [-0.4, -0.2) is 4.98 Å². The van der Waals surface area contributed by atoms with Crippen LogP contribution in [0.25, 0.3) is 16.7 Å². The van der Waals surface area contributed by atoms with Crippen LogP contribution in [0.2, 0.25) is 5.15 Å². The number of nitrogens with zero attached hydrogens (tertiary/aromatic N) is 1. The third-order valence-electron chi connectivity index (χ3n) is 5.38. The van der Waals surface area contributed by atoms with Crippen LogP contribution in [0.5, 0.6) is 0 Å². The van der Waals surface area contributed by atoms with Gasteiger partial charge in [-0.15, -0.1) is 0 Å². The van der Waals surface area contributed by atoms with Crippen LogP contribution >= 0.6 is 11.6 Å². The standard InChI is InChI=1S/C25H24ClN3O2/c1-13-11-18(16(4)28-20-9-10-22(26)29-17(20)5)25-19(12-13)23(30)15(3)24(31-25)21-8-6-7-14(2)27-21/h6-12,16,27-28H,2H2,1,3-5H3. The van der Waals surface area contributed by atoms with Crippen molar-refractivity contribution in [2.75, 3.05) is 5.32 Å². The fraction of sp³-hybridized carbons (Fsp3) is 0.200. The molecule has 3 heterocycles. The number of benzene rings is 1. The number of anilines is 1. The zero-order valence-electron chi connectivity index (χ0n) is 18.0. The minimum absolute atomic E-state index is 0.0411. The maximum Gasteiger partial charge on any atom is 0.196 e. The number of hydrogen-bond acceptors (Lipinski definition) is 5. The molecule has 1 aliphatic rings. The van der Waals surface area contributed by atoms with Gasteiger partial charge in [0.05, 0.1) is 28.5 Å². The first-order valence-corrected chi connectivity index (χ1v) is 10.4. The van der Waals surface area contributed by atoms with E-state index >= 15 is 0 Å². The molecule has 0 amide bonds. The topological polar surface area (TPSA) is 67.2 Å². The zero-order valence-corrected chi connectivity index (χ0v) is 18.7. The molecule has 0 saturated heterocycles. The van der Waals surface area contributed by atoms with Gasteiger partial charge < -0.3 is 15.1 Å². The normalized spacial score (nSPS) is 14.4. The van der Waals surface area contributed by atoms with Gasteiger partial charge in [-0.1, -0.05) is 30.3 Å². The molecular formula is C25H24ClN3O2. The average molecular weight is 434 g/mol. The van der Waals surface area contributed by atoms with Crippen LogP contribution in [0.15, 0.2) is 64.0 Å². The van der Waals surface area contributed by atoms with Crippen LogP contribution in [0.3, 0.4) is 0 Å². The number of nitrogens with one attached hydrogen (secondary N) is 2. The van der Waals surface area contributed by atoms with Crippen molar-refractivity contribution in [2.24, 2.45) is 0 Å². The maximum absolute atomic E-state index is 13.2. The minimum atomic E-state index is -0.133. The molecular weight excluding hydrogens is 410 g/mol. The smallest absolute Gasteiger partial charge is 0.196 e. The van der Waals surface area contributed by atoms with Gasteiger partial charge >= 0.3 is 0 Å². The number of pyridine rings is 1. The number of aromatic nitrogens is 1. The minimum Gasteiger partial charge on any atom is -0.454 e. The molecule has 0 spiro atoms. The molecule has 0 radical (unpaired) electrons. The molecule has 1 unspecified atom stereocenters. The van der Waals surface area contributed by atoms with Crippen molar-refractivity contribution >= 4 is 34.0 Å². The molecule has 31 heavy (non-hydrogen) atoms. The Balaban J connectivity index is 1.87. The molecule has 1 aromatic carbocycles. The van der Waals surface area contributed by atoms with Crippen molar-refractivity contribution in [2.45, 2.75) is 33.7 Å². The van der Waals surface area contributed by atoms with Crippen molar-refractivity contribution < 1.29 is 4.42 Å². The van der Waals surface area contributed by atoms with E-state index in [1.807, 2.05) is 57.2 Å². The summed E-state index contributed by atoms with van der Waals surface area (Å²) in [7, 11) is 0. The van der Waals surface area contributed by atoms with Gasteiger partial charge in [0, 0.05) is 16.8 Å². The first kappa shape index (κ1) is 20.9. The van der Waals surface area contributed by atoms with Gasteiger partial charge in [-0.2, -0.15) is 0 Å². The van der Waals surface area contributed by atoms with E-state index in [-0.39, 0.29) is 11.5 Å². The molecule has 2 aromatic heterocycles. The lowest BCUT2D eigenvalue weighted by atomic mass is 9.99. The summed E-state index contributed by atoms with van der Waals surface area (Å²) in [6.07, 6.45) is 5.62. The van der Waals surface area contributed by atoms with E-state index in [1.165, 1.54) is 0 Å². The van der Waals surface area contributed by atoms with Crippen LogP contribution in [0.4, 0.5) is 5.69 Å². The Bertz CT molecular complexity index is 1330. The second kappa shape index (κ2) is 8.08. The van der Waals surface area contributed by atoms with Crippen molar-refractivity contribution in [3.05, 3.63) is 98.3 Å². The van der Waals surface area contributed by atoms with E-state index in [2.05, 4.69) is 22.2 Å². The maximum atomic E-state index is 13.2. The number of hydrogen-bond donors (Lipinski definition) is 2. The summed E-state index contributed by atoms with van der Waals surface area (Å²) < 4.78 is 6.37. The van der Waals surface area contributed by atoms with Crippen LogP contribution in [0.1, 0.15) is 41.1 Å². The Morgan fingerprint density at radius 3 is 2.71 bits per heavy atom. The van der Waals surface area contributed by atoms with Crippen LogP contribution in [-0.2, 0) is 0 Å². The van der Waals surface area contributed by atoms with Crippen molar-refractivity contribution in [1.29, 1.82) is 0 Å². The summed E-state index contributed by atoms with van der Waals surface area (Å²) >= 11 is 5.99. The highest BCUT2D eigenvalue weighted by Gasteiger charge is 2.20. The summed E-state index contributed by atoms with van der Waals surface area (Å²) in [6.45, 7) is 11.6. The lowest BCUT2D eigenvalue weighted by Gasteiger charge is -2.20. The SMILES string of the molecule is C=C1C=CC=C(c2oc3c(C(C)Nc4ccc(Cl)nc4C)cc(C)cc3c(=O)c2C)N1. The Kier molecular flexibility index (Phi) is 5.46. The molecule has 4 rings (SSSR count). The third kappa shape index (κ3) is 4.01. The Labute approximate surface area is 186 Å². The predicted octanol–water partition coefficient (Wildman–Crippen LogP) is 5.95. The van der Waals surface area contributed by atoms with Crippen LogP contribution in [0, 0.1) is 20.8 Å². The van der Waals surface area contributed by atoms with E-state index in [1.54, 1.807) is 13.0 Å².